The van der Waals surface area contributed by atoms with Gasteiger partial charge in [0, 0.05) is 10.1 Å². The Hall–Kier alpha value is -2.77. The maximum absolute atomic E-state index is 13.4. The zero-order valence-corrected chi connectivity index (χ0v) is 20.3. The fourth-order valence-corrected chi connectivity index (χ4v) is 5.33. The van der Waals surface area contributed by atoms with Gasteiger partial charge in [-0.15, -0.1) is 11.8 Å². The highest BCUT2D eigenvalue weighted by Crippen LogP contribution is 2.37. The first-order chi connectivity index (χ1) is 15.4. The molecule has 0 N–H and O–H groups in total. The summed E-state index contributed by atoms with van der Waals surface area (Å²) in [6.45, 7) is 6.71. The van der Waals surface area contributed by atoms with Gasteiger partial charge in [-0.25, -0.2) is 4.98 Å². The highest BCUT2D eigenvalue weighted by Gasteiger charge is 2.23. The van der Waals surface area contributed by atoms with Crippen LogP contribution in [-0.4, -0.2) is 23.3 Å². The van der Waals surface area contributed by atoms with E-state index in [2.05, 4.69) is 26.0 Å². The first-order valence-electron chi connectivity index (χ1n) is 10.5. The van der Waals surface area contributed by atoms with Gasteiger partial charge in [-0.05, 0) is 48.4 Å². The fraction of sp³-hybridized carbons (Fsp3) is 0.280. The molecule has 4 aromatic rings. The zero-order chi connectivity index (χ0) is 22.7. The first kappa shape index (κ1) is 22.4. The second-order valence-corrected chi connectivity index (χ2v) is 10.4. The largest absolute Gasteiger partial charge is 0.494 e. The van der Waals surface area contributed by atoms with Crippen molar-refractivity contribution in [2.45, 2.75) is 43.9 Å². The van der Waals surface area contributed by atoms with Crippen molar-refractivity contribution in [3.63, 3.8) is 0 Å². The molecule has 2 heterocycles. The van der Waals surface area contributed by atoms with Crippen molar-refractivity contribution in [2.24, 2.45) is 0 Å². The number of thioether (sulfide) groups is 1. The van der Waals surface area contributed by atoms with Crippen molar-refractivity contribution in [2.75, 3.05) is 12.0 Å². The number of carbonyl (C=O) groups is 1. The van der Waals surface area contributed by atoms with Crippen LogP contribution in [0.4, 0.5) is 5.13 Å². The molecule has 32 heavy (non-hydrogen) atoms. The van der Waals surface area contributed by atoms with Gasteiger partial charge in [-0.3, -0.25) is 9.69 Å². The zero-order valence-electron chi connectivity index (χ0n) is 18.6. The number of methoxy groups -OCH3 is 1. The van der Waals surface area contributed by atoms with Gasteiger partial charge < -0.3 is 9.15 Å². The van der Waals surface area contributed by atoms with Gasteiger partial charge in [-0.2, -0.15) is 0 Å². The van der Waals surface area contributed by atoms with Crippen molar-refractivity contribution in [1.82, 2.24) is 4.98 Å². The van der Waals surface area contributed by atoms with Crippen LogP contribution in [0, 0.1) is 6.92 Å². The summed E-state index contributed by atoms with van der Waals surface area (Å²) < 4.78 is 12.1. The van der Waals surface area contributed by atoms with E-state index in [0.29, 0.717) is 34.9 Å². The van der Waals surface area contributed by atoms with Crippen LogP contribution in [0.3, 0.4) is 0 Å². The van der Waals surface area contributed by atoms with Crippen molar-refractivity contribution in [3.05, 3.63) is 71.7 Å². The Morgan fingerprint density at radius 3 is 2.62 bits per heavy atom. The summed E-state index contributed by atoms with van der Waals surface area (Å²) in [6.07, 6.45) is 1.91. The second-order valence-electron chi connectivity index (χ2n) is 7.81. The van der Waals surface area contributed by atoms with Crippen LogP contribution in [0.25, 0.3) is 10.2 Å². The van der Waals surface area contributed by atoms with E-state index in [4.69, 9.17) is 14.1 Å². The minimum absolute atomic E-state index is 0.0265. The molecule has 7 heteroatoms. The Kier molecular flexibility index (Phi) is 6.86. The Morgan fingerprint density at radius 1 is 1.19 bits per heavy atom. The molecule has 5 nitrogen and oxygen atoms in total. The molecule has 0 aliphatic heterocycles. The summed E-state index contributed by atoms with van der Waals surface area (Å²) >= 11 is 3.31. The maximum Gasteiger partial charge on any atom is 0.233 e. The van der Waals surface area contributed by atoms with Crippen LogP contribution in [0.2, 0.25) is 0 Å². The number of carbonyl (C=O) groups excluding carboxylic acids is 1. The number of rotatable bonds is 8. The van der Waals surface area contributed by atoms with Crippen LogP contribution < -0.4 is 9.64 Å². The molecule has 0 atom stereocenters. The SMILES string of the molecule is COc1ccc(C)c2sc(N(Cc3ccco3)C(=O)Cc3ccc(SC(C)C)cc3)nc12. The van der Waals surface area contributed by atoms with Gasteiger partial charge >= 0.3 is 0 Å². The number of amides is 1. The number of nitrogens with zero attached hydrogens (tertiary/aromatic N) is 2. The summed E-state index contributed by atoms with van der Waals surface area (Å²) in [5, 5.41) is 1.16. The molecule has 0 saturated heterocycles. The number of hydrogen-bond donors (Lipinski definition) is 0. The molecule has 0 unspecified atom stereocenters. The molecular weight excluding hydrogens is 440 g/mol. The monoisotopic (exact) mass is 466 g/mol. The number of thiazole rings is 1. The quantitative estimate of drug-likeness (QED) is 0.278. The van der Waals surface area contributed by atoms with Crippen molar-refractivity contribution in [1.29, 1.82) is 0 Å². The number of fused-ring (bicyclic) bond motifs is 1. The molecular formula is C25H26N2O3S2. The van der Waals surface area contributed by atoms with Crippen LogP contribution >= 0.6 is 23.1 Å². The van der Waals surface area contributed by atoms with E-state index in [-0.39, 0.29) is 5.91 Å². The molecule has 0 aliphatic carbocycles. The molecule has 2 aromatic heterocycles. The Morgan fingerprint density at radius 2 is 1.97 bits per heavy atom. The molecule has 0 bridgehead atoms. The predicted molar refractivity (Wildman–Crippen MR) is 132 cm³/mol. The van der Waals surface area contributed by atoms with Gasteiger partial charge in [0.25, 0.3) is 0 Å². The van der Waals surface area contributed by atoms with E-state index >= 15 is 0 Å². The van der Waals surface area contributed by atoms with E-state index in [9.17, 15) is 4.79 Å². The summed E-state index contributed by atoms with van der Waals surface area (Å²) in [4.78, 5) is 21.1. The Labute approximate surface area is 196 Å². The second kappa shape index (κ2) is 9.79. The van der Waals surface area contributed by atoms with E-state index < -0.39 is 0 Å². The van der Waals surface area contributed by atoms with Crippen molar-refractivity contribution >= 4 is 44.4 Å². The standard InChI is InChI=1S/C25H26N2O3S2/c1-16(2)31-20-10-8-18(9-11-20)14-22(28)27(15-19-6-5-13-30-19)25-26-23-21(29-4)12-7-17(3)24(23)32-25/h5-13,16H,14-15H2,1-4H3. The lowest BCUT2D eigenvalue weighted by molar-refractivity contribution is -0.118. The highest BCUT2D eigenvalue weighted by atomic mass is 32.2. The third-order valence-corrected chi connectivity index (χ3v) is 7.22. The number of anilines is 1. The summed E-state index contributed by atoms with van der Waals surface area (Å²) in [5.41, 5.74) is 2.86. The first-order valence-corrected chi connectivity index (χ1v) is 12.2. The molecule has 0 fully saturated rings. The number of ether oxygens (including phenoxy) is 1. The van der Waals surface area contributed by atoms with E-state index in [1.807, 2.05) is 55.1 Å². The molecule has 0 saturated carbocycles. The van der Waals surface area contributed by atoms with Gasteiger partial charge in [0.15, 0.2) is 5.13 Å². The average Bonchev–Trinajstić information content (AvgIpc) is 3.43. The Bertz CT molecular complexity index is 1200. The minimum atomic E-state index is -0.0265. The van der Waals surface area contributed by atoms with Crippen LogP contribution in [-0.2, 0) is 17.8 Å². The minimum Gasteiger partial charge on any atom is -0.494 e. The van der Waals surface area contributed by atoms with Crippen molar-refractivity contribution < 1.29 is 13.9 Å². The topological polar surface area (TPSA) is 55.6 Å². The lowest BCUT2D eigenvalue weighted by Crippen LogP contribution is -2.31. The molecule has 0 radical (unpaired) electrons. The van der Waals surface area contributed by atoms with Gasteiger partial charge in [0.2, 0.25) is 5.91 Å². The normalized spacial score (nSPS) is 11.3. The fourth-order valence-electron chi connectivity index (χ4n) is 3.43. The van der Waals surface area contributed by atoms with Crippen LogP contribution in [0.5, 0.6) is 5.75 Å². The van der Waals surface area contributed by atoms with Crippen LogP contribution in [0.15, 0.2) is 64.1 Å². The Balaban J connectivity index is 1.64. The molecule has 2 aromatic carbocycles. The summed E-state index contributed by atoms with van der Waals surface area (Å²) in [6, 6.07) is 15.8. The van der Waals surface area contributed by atoms with E-state index in [1.165, 1.54) is 16.2 Å². The molecule has 0 spiro atoms. The molecule has 4 rings (SSSR count). The molecule has 1 amide bonds. The number of benzene rings is 2. The van der Waals surface area contributed by atoms with E-state index in [1.54, 1.807) is 18.3 Å². The van der Waals surface area contributed by atoms with Gasteiger partial charge in [-0.1, -0.05) is 43.4 Å². The number of hydrogen-bond acceptors (Lipinski definition) is 6. The highest BCUT2D eigenvalue weighted by molar-refractivity contribution is 7.99. The average molecular weight is 467 g/mol. The number of furan rings is 1. The lowest BCUT2D eigenvalue weighted by atomic mass is 10.1. The van der Waals surface area contributed by atoms with Gasteiger partial charge in [0.1, 0.15) is 17.0 Å². The molecule has 166 valence electrons. The smallest absolute Gasteiger partial charge is 0.233 e. The summed E-state index contributed by atoms with van der Waals surface area (Å²) in [7, 11) is 1.64. The van der Waals surface area contributed by atoms with E-state index in [0.717, 1.165) is 21.3 Å². The van der Waals surface area contributed by atoms with Gasteiger partial charge in [0.05, 0.1) is 31.0 Å². The lowest BCUT2D eigenvalue weighted by Gasteiger charge is -2.19. The predicted octanol–water partition coefficient (Wildman–Crippen LogP) is 6.48. The maximum atomic E-state index is 13.4. The number of aryl methyl sites for hydroxylation is 1. The third kappa shape index (κ3) is 5.00. The third-order valence-electron chi connectivity index (χ3n) is 4.99. The molecule has 0 aliphatic rings. The van der Waals surface area contributed by atoms with Crippen LogP contribution in [0.1, 0.15) is 30.7 Å². The number of aromatic nitrogens is 1. The van der Waals surface area contributed by atoms with Crippen molar-refractivity contribution in [3.8, 4) is 5.75 Å². The summed E-state index contributed by atoms with van der Waals surface area (Å²) in [5.74, 6) is 1.39.